The number of rotatable bonds is 32. The molecule has 0 aliphatic rings. The summed E-state index contributed by atoms with van der Waals surface area (Å²) in [5.74, 6) is 0. The molecule has 0 N–H and O–H groups in total. The number of nitrogens with zero attached hydrogens (tertiary/aromatic N) is 1. The number of hydrogen-bond donors (Lipinski definition) is 0. The third kappa shape index (κ3) is 25.4. The average molecular weight is 571 g/mol. The SMILES string of the molecule is CCCCCCCCCCCCCCCc1cc(CCCCCCCCCCCCCCC)c[n+](CCCCC)c1. The predicted octanol–water partition coefficient (Wildman–Crippen LogP) is 13.4. The molecular weight excluding hydrogens is 494 g/mol. The monoisotopic (exact) mass is 571 g/mol. The van der Waals surface area contributed by atoms with E-state index in [0.29, 0.717) is 0 Å². The van der Waals surface area contributed by atoms with Crippen LogP contribution in [0.3, 0.4) is 0 Å². The topological polar surface area (TPSA) is 3.88 Å². The summed E-state index contributed by atoms with van der Waals surface area (Å²) < 4.78 is 2.53. The second-order valence-corrected chi connectivity index (χ2v) is 13.5. The van der Waals surface area contributed by atoms with Gasteiger partial charge in [0.25, 0.3) is 0 Å². The lowest BCUT2D eigenvalue weighted by Gasteiger charge is -2.07. The molecule has 0 saturated heterocycles. The van der Waals surface area contributed by atoms with Gasteiger partial charge < -0.3 is 0 Å². The summed E-state index contributed by atoms with van der Waals surface area (Å²) in [4.78, 5) is 0. The fourth-order valence-corrected chi connectivity index (χ4v) is 6.42. The highest BCUT2D eigenvalue weighted by atomic mass is 14.9. The Morgan fingerprint density at radius 3 is 0.927 bits per heavy atom. The molecule has 0 fully saturated rings. The van der Waals surface area contributed by atoms with Crippen molar-refractivity contribution >= 4 is 0 Å². The Morgan fingerprint density at radius 2 is 0.610 bits per heavy atom. The first-order valence-electron chi connectivity index (χ1n) is 19.3. The van der Waals surface area contributed by atoms with E-state index >= 15 is 0 Å². The van der Waals surface area contributed by atoms with Crippen molar-refractivity contribution in [2.45, 2.75) is 226 Å². The van der Waals surface area contributed by atoms with Crippen molar-refractivity contribution in [3.63, 3.8) is 0 Å². The summed E-state index contributed by atoms with van der Waals surface area (Å²) in [7, 11) is 0. The van der Waals surface area contributed by atoms with Crippen molar-refractivity contribution in [3.05, 3.63) is 29.6 Å². The van der Waals surface area contributed by atoms with Crippen LogP contribution in [-0.2, 0) is 19.4 Å². The molecule has 0 bridgehead atoms. The van der Waals surface area contributed by atoms with Gasteiger partial charge in [-0.15, -0.1) is 0 Å². The van der Waals surface area contributed by atoms with Crippen LogP contribution in [0.1, 0.15) is 218 Å². The maximum Gasteiger partial charge on any atom is 0.171 e. The van der Waals surface area contributed by atoms with Crippen LogP contribution in [0, 0.1) is 0 Å². The van der Waals surface area contributed by atoms with E-state index in [9.17, 15) is 0 Å². The zero-order valence-electron chi connectivity index (χ0n) is 28.8. The van der Waals surface area contributed by atoms with Crippen molar-refractivity contribution in [3.8, 4) is 0 Å². The normalized spacial score (nSPS) is 11.5. The zero-order valence-corrected chi connectivity index (χ0v) is 28.8. The molecular formula is C40H76N+. The van der Waals surface area contributed by atoms with Gasteiger partial charge in [0, 0.05) is 17.5 Å². The van der Waals surface area contributed by atoms with E-state index in [4.69, 9.17) is 0 Å². The smallest absolute Gasteiger partial charge is 0.171 e. The van der Waals surface area contributed by atoms with Gasteiger partial charge in [-0.05, 0) is 38.2 Å². The van der Waals surface area contributed by atoms with Crippen molar-refractivity contribution < 1.29 is 4.57 Å². The van der Waals surface area contributed by atoms with Crippen LogP contribution >= 0.6 is 0 Å². The largest absolute Gasteiger partial charge is 0.205 e. The first kappa shape index (κ1) is 38.2. The lowest BCUT2D eigenvalue weighted by molar-refractivity contribution is -0.698. The van der Waals surface area contributed by atoms with Gasteiger partial charge in [0.15, 0.2) is 12.4 Å². The molecule has 1 aromatic rings. The van der Waals surface area contributed by atoms with Gasteiger partial charge in [0.1, 0.15) is 6.54 Å². The first-order chi connectivity index (χ1) is 20.3. The van der Waals surface area contributed by atoms with Gasteiger partial charge in [-0.3, -0.25) is 0 Å². The minimum absolute atomic E-state index is 1.20. The molecule has 0 unspecified atom stereocenters. The summed E-state index contributed by atoms with van der Waals surface area (Å²) >= 11 is 0. The van der Waals surface area contributed by atoms with Crippen LogP contribution in [0.2, 0.25) is 0 Å². The van der Waals surface area contributed by atoms with Gasteiger partial charge in [-0.2, -0.15) is 0 Å². The highest BCUT2D eigenvalue weighted by molar-refractivity contribution is 5.15. The highest BCUT2D eigenvalue weighted by Crippen LogP contribution is 2.16. The maximum atomic E-state index is 2.55. The van der Waals surface area contributed by atoms with Gasteiger partial charge >= 0.3 is 0 Å². The van der Waals surface area contributed by atoms with E-state index < -0.39 is 0 Å². The van der Waals surface area contributed by atoms with Gasteiger partial charge in [0.05, 0.1) is 0 Å². The second-order valence-electron chi connectivity index (χ2n) is 13.5. The number of pyridine rings is 1. The Hall–Kier alpha value is -0.850. The van der Waals surface area contributed by atoms with Gasteiger partial charge in [-0.1, -0.05) is 181 Å². The standard InChI is InChI=1S/C40H76N/c1-4-7-10-12-14-16-18-20-22-24-26-28-30-33-39-36-40(38-41(37-39)35-32-9-6-3)34-31-29-27-25-23-21-19-17-15-13-11-8-5-2/h36-38H,4-35H2,1-3H3/q+1. The molecule has 0 aliphatic heterocycles. The number of unbranched alkanes of at least 4 members (excludes halogenated alkanes) is 26. The predicted molar refractivity (Wildman–Crippen MR) is 185 cm³/mol. The molecule has 240 valence electrons. The Labute approximate surface area is 260 Å². The quantitative estimate of drug-likeness (QED) is 0.0599. The molecule has 0 aliphatic carbocycles. The van der Waals surface area contributed by atoms with E-state index in [0.717, 1.165) is 0 Å². The number of aromatic nitrogens is 1. The molecule has 0 spiro atoms. The Morgan fingerprint density at radius 1 is 0.341 bits per heavy atom. The minimum atomic E-state index is 1.20. The molecule has 1 aromatic heterocycles. The Kier molecular flexibility index (Phi) is 28.5. The average Bonchev–Trinajstić information content (AvgIpc) is 2.98. The van der Waals surface area contributed by atoms with E-state index in [2.05, 4.69) is 43.8 Å². The fourth-order valence-electron chi connectivity index (χ4n) is 6.42. The molecule has 0 atom stereocenters. The minimum Gasteiger partial charge on any atom is -0.205 e. The third-order valence-electron chi connectivity index (χ3n) is 9.19. The highest BCUT2D eigenvalue weighted by Gasteiger charge is 2.08. The molecule has 41 heavy (non-hydrogen) atoms. The zero-order chi connectivity index (χ0) is 29.5. The number of hydrogen-bond acceptors (Lipinski definition) is 0. The van der Waals surface area contributed by atoms with Crippen molar-refractivity contribution in [1.82, 2.24) is 0 Å². The van der Waals surface area contributed by atoms with Crippen LogP contribution in [0.5, 0.6) is 0 Å². The van der Waals surface area contributed by atoms with Crippen molar-refractivity contribution in [2.75, 3.05) is 0 Å². The summed E-state index contributed by atoms with van der Waals surface area (Å²) in [6.07, 6.45) is 48.9. The summed E-state index contributed by atoms with van der Waals surface area (Å²) in [5.41, 5.74) is 3.19. The molecule has 0 amide bonds. The molecule has 1 heterocycles. The van der Waals surface area contributed by atoms with Crippen molar-refractivity contribution in [2.24, 2.45) is 0 Å². The van der Waals surface area contributed by atoms with E-state index in [1.165, 1.54) is 206 Å². The second kappa shape index (κ2) is 30.6. The third-order valence-corrected chi connectivity index (χ3v) is 9.19. The number of aryl methyl sites for hydroxylation is 3. The van der Waals surface area contributed by atoms with Crippen LogP contribution in [-0.4, -0.2) is 0 Å². The molecule has 1 nitrogen and oxygen atoms in total. The Balaban J connectivity index is 2.18. The lowest BCUT2D eigenvalue weighted by Crippen LogP contribution is -2.34. The van der Waals surface area contributed by atoms with Crippen LogP contribution in [0.4, 0.5) is 0 Å². The van der Waals surface area contributed by atoms with E-state index in [1.807, 2.05) is 0 Å². The lowest BCUT2D eigenvalue weighted by atomic mass is 10.0. The molecule has 1 heteroatoms. The van der Waals surface area contributed by atoms with E-state index in [1.54, 1.807) is 11.1 Å². The summed E-state index contributed by atoms with van der Waals surface area (Å²) in [6, 6.07) is 2.55. The maximum absolute atomic E-state index is 2.55. The van der Waals surface area contributed by atoms with E-state index in [-0.39, 0.29) is 0 Å². The Bertz CT molecular complexity index is 602. The molecule has 0 radical (unpaired) electrons. The molecule has 0 aromatic carbocycles. The van der Waals surface area contributed by atoms with Crippen LogP contribution in [0.25, 0.3) is 0 Å². The molecule has 0 saturated carbocycles. The van der Waals surface area contributed by atoms with Crippen molar-refractivity contribution in [1.29, 1.82) is 0 Å². The van der Waals surface area contributed by atoms with Crippen LogP contribution < -0.4 is 4.57 Å². The van der Waals surface area contributed by atoms with Gasteiger partial charge in [0.2, 0.25) is 0 Å². The fraction of sp³-hybridized carbons (Fsp3) is 0.875. The summed E-state index contributed by atoms with van der Waals surface area (Å²) in [6.45, 7) is 8.13. The first-order valence-corrected chi connectivity index (χ1v) is 19.3. The van der Waals surface area contributed by atoms with Crippen LogP contribution in [0.15, 0.2) is 18.5 Å². The van der Waals surface area contributed by atoms with Gasteiger partial charge in [-0.25, -0.2) is 4.57 Å². The summed E-state index contributed by atoms with van der Waals surface area (Å²) in [5, 5.41) is 0. The molecule has 1 rings (SSSR count).